The summed E-state index contributed by atoms with van der Waals surface area (Å²) >= 11 is 0. The predicted molar refractivity (Wildman–Crippen MR) is 106 cm³/mol. The fourth-order valence-corrected chi connectivity index (χ4v) is 4.75. The summed E-state index contributed by atoms with van der Waals surface area (Å²) in [5.74, 6) is 1.72. The Morgan fingerprint density at radius 1 is 1.18 bits per heavy atom. The molecule has 1 unspecified atom stereocenters. The fraction of sp³-hybridized carbons (Fsp3) is 0.750. The normalized spacial score (nSPS) is 25.9. The Morgan fingerprint density at radius 3 is 2.54 bits per heavy atom. The van der Waals surface area contributed by atoms with Gasteiger partial charge in [0.2, 0.25) is 0 Å². The maximum Gasteiger partial charge on any atom is 0.312 e. The van der Waals surface area contributed by atoms with Crippen LogP contribution in [0.3, 0.4) is 0 Å². The molecule has 0 saturated carbocycles. The number of carbonyl (C=O) groups is 1. The first-order chi connectivity index (χ1) is 13.5. The Morgan fingerprint density at radius 2 is 1.86 bits per heavy atom. The van der Waals surface area contributed by atoms with Crippen LogP contribution >= 0.6 is 0 Å². The second-order valence-corrected chi connectivity index (χ2v) is 8.63. The van der Waals surface area contributed by atoms with Gasteiger partial charge < -0.3 is 19.6 Å². The number of aliphatic hydroxyl groups is 1. The molecule has 4 rings (SSSR count). The Balaban J connectivity index is 1.37. The fourth-order valence-electron chi connectivity index (χ4n) is 4.75. The van der Waals surface area contributed by atoms with E-state index in [-0.39, 0.29) is 23.6 Å². The molecular weight excluding hydrogens is 358 g/mol. The number of rotatable bonds is 4. The van der Waals surface area contributed by atoms with Crippen molar-refractivity contribution < 1.29 is 14.6 Å². The third-order valence-electron chi connectivity index (χ3n) is 6.45. The smallest absolute Gasteiger partial charge is 0.312 e. The summed E-state index contributed by atoms with van der Waals surface area (Å²) in [4.78, 5) is 28.3. The van der Waals surface area contributed by atoms with Gasteiger partial charge >= 0.3 is 5.97 Å². The van der Waals surface area contributed by atoms with Crippen LogP contribution in [0.2, 0.25) is 0 Å². The standard InChI is InChI=1S/C20H31N5O3/c1-23(2)17-18(22-8-7-21-17)25-11-5-20(6-12-25)13-16(28-19(20)27)14-24-9-3-15(26)4-10-24/h7-8,15-16,26H,3-6,9-14H2,1-2H3. The third-order valence-corrected chi connectivity index (χ3v) is 6.45. The Hall–Kier alpha value is -1.93. The predicted octanol–water partition coefficient (Wildman–Crippen LogP) is 0.901. The highest BCUT2D eigenvalue weighted by Crippen LogP contribution is 2.44. The van der Waals surface area contributed by atoms with Crippen molar-refractivity contribution in [1.82, 2.24) is 14.9 Å². The number of hydrogen-bond acceptors (Lipinski definition) is 8. The van der Waals surface area contributed by atoms with Gasteiger partial charge in [0, 0.05) is 65.6 Å². The number of aromatic nitrogens is 2. The van der Waals surface area contributed by atoms with Crippen molar-refractivity contribution >= 4 is 17.6 Å². The molecule has 1 spiro atoms. The zero-order valence-corrected chi connectivity index (χ0v) is 16.9. The molecule has 1 atom stereocenters. The number of cyclic esters (lactones) is 1. The van der Waals surface area contributed by atoms with Crippen molar-refractivity contribution in [3.8, 4) is 0 Å². The number of likely N-dealkylation sites (tertiary alicyclic amines) is 1. The van der Waals surface area contributed by atoms with Crippen LogP contribution in [0.5, 0.6) is 0 Å². The molecule has 1 aromatic rings. The Kier molecular flexibility index (Phi) is 5.42. The zero-order chi connectivity index (χ0) is 19.7. The van der Waals surface area contributed by atoms with E-state index in [9.17, 15) is 9.90 Å². The van der Waals surface area contributed by atoms with E-state index in [2.05, 4.69) is 19.8 Å². The van der Waals surface area contributed by atoms with E-state index in [4.69, 9.17) is 4.74 Å². The van der Waals surface area contributed by atoms with Gasteiger partial charge in [0.05, 0.1) is 11.5 Å². The molecule has 0 amide bonds. The van der Waals surface area contributed by atoms with Crippen LogP contribution in [0.1, 0.15) is 32.1 Å². The van der Waals surface area contributed by atoms with Crippen molar-refractivity contribution in [2.45, 2.75) is 44.3 Å². The van der Waals surface area contributed by atoms with Crippen molar-refractivity contribution in [3.63, 3.8) is 0 Å². The highest BCUT2D eigenvalue weighted by molar-refractivity contribution is 5.79. The molecule has 154 valence electrons. The Bertz CT molecular complexity index is 697. The maximum atomic E-state index is 12.7. The highest BCUT2D eigenvalue weighted by atomic mass is 16.6. The summed E-state index contributed by atoms with van der Waals surface area (Å²) in [7, 11) is 3.94. The van der Waals surface area contributed by atoms with Crippen LogP contribution in [0, 0.1) is 5.41 Å². The van der Waals surface area contributed by atoms with Crippen molar-refractivity contribution in [2.75, 3.05) is 56.6 Å². The zero-order valence-electron chi connectivity index (χ0n) is 16.9. The van der Waals surface area contributed by atoms with E-state index in [1.165, 1.54) is 0 Å². The minimum atomic E-state index is -0.350. The molecule has 0 radical (unpaired) electrons. The van der Waals surface area contributed by atoms with Gasteiger partial charge in [-0.2, -0.15) is 0 Å². The van der Waals surface area contributed by atoms with Crippen LogP contribution in [-0.4, -0.2) is 85.0 Å². The summed E-state index contributed by atoms with van der Waals surface area (Å²) in [5.41, 5.74) is -0.350. The van der Waals surface area contributed by atoms with Crippen LogP contribution in [0.15, 0.2) is 12.4 Å². The van der Waals surface area contributed by atoms with Crippen LogP contribution < -0.4 is 9.80 Å². The quantitative estimate of drug-likeness (QED) is 0.761. The molecule has 3 saturated heterocycles. The van der Waals surface area contributed by atoms with Crippen LogP contribution in [0.4, 0.5) is 11.6 Å². The van der Waals surface area contributed by atoms with Gasteiger partial charge in [-0.15, -0.1) is 0 Å². The van der Waals surface area contributed by atoms with Gasteiger partial charge in [0.15, 0.2) is 11.6 Å². The van der Waals surface area contributed by atoms with Crippen molar-refractivity contribution in [2.24, 2.45) is 5.41 Å². The van der Waals surface area contributed by atoms with E-state index in [1.807, 2.05) is 19.0 Å². The maximum absolute atomic E-state index is 12.7. The number of hydrogen-bond donors (Lipinski definition) is 1. The number of aliphatic hydroxyl groups excluding tert-OH is 1. The van der Waals surface area contributed by atoms with Gasteiger partial charge in [-0.3, -0.25) is 9.69 Å². The van der Waals surface area contributed by atoms with E-state index in [0.717, 1.165) is 76.5 Å². The summed E-state index contributed by atoms with van der Waals surface area (Å²) < 4.78 is 5.79. The van der Waals surface area contributed by atoms with Crippen molar-refractivity contribution in [1.29, 1.82) is 0 Å². The first-order valence-electron chi connectivity index (χ1n) is 10.3. The molecule has 1 N–H and O–H groups in total. The number of ether oxygens (including phenoxy) is 1. The molecule has 0 aromatic carbocycles. The lowest BCUT2D eigenvalue weighted by Crippen LogP contribution is -2.43. The molecule has 3 fully saturated rings. The highest BCUT2D eigenvalue weighted by Gasteiger charge is 2.51. The molecular formula is C20H31N5O3. The lowest BCUT2D eigenvalue weighted by atomic mass is 9.76. The second kappa shape index (κ2) is 7.83. The second-order valence-electron chi connectivity index (χ2n) is 8.63. The van der Waals surface area contributed by atoms with Gasteiger partial charge in [-0.05, 0) is 25.7 Å². The van der Waals surface area contributed by atoms with Gasteiger partial charge in [-0.1, -0.05) is 0 Å². The van der Waals surface area contributed by atoms with Gasteiger partial charge in [-0.25, -0.2) is 9.97 Å². The Labute approximate surface area is 166 Å². The first kappa shape index (κ1) is 19.4. The topological polar surface area (TPSA) is 82.0 Å². The summed E-state index contributed by atoms with van der Waals surface area (Å²) in [6.45, 7) is 4.14. The molecule has 0 aliphatic carbocycles. The van der Waals surface area contributed by atoms with E-state index in [0.29, 0.717) is 0 Å². The molecule has 8 heteroatoms. The molecule has 3 aliphatic rings. The van der Waals surface area contributed by atoms with Gasteiger partial charge in [0.25, 0.3) is 0 Å². The number of esters is 1. The molecule has 1 aromatic heterocycles. The minimum absolute atomic E-state index is 0.0249. The van der Waals surface area contributed by atoms with Crippen molar-refractivity contribution in [3.05, 3.63) is 12.4 Å². The molecule has 28 heavy (non-hydrogen) atoms. The first-order valence-corrected chi connectivity index (χ1v) is 10.3. The van der Waals surface area contributed by atoms with Crippen LogP contribution in [-0.2, 0) is 9.53 Å². The average molecular weight is 390 g/mol. The largest absolute Gasteiger partial charge is 0.461 e. The summed E-state index contributed by atoms with van der Waals surface area (Å²) in [5, 5.41) is 9.67. The van der Waals surface area contributed by atoms with E-state index >= 15 is 0 Å². The monoisotopic (exact) mass is 389 g/mol. The van der Waals surface area contributed by atoms with E-state index < -0.39 is 0 Å². The molecule has 8 nitrogen and oxygen atoms in total. The lowest BCUT2D eigenvalue weighted by molar-refractivity contribution is -0.150. The molecule has 0 bridgehead atoms. The number of carbonyl (C=O) groups excluding carboxylic acids is 1. The third kappa shape index (κ3) is 3.80. The molecule has 3 aliphatic heterocycles. The summed E-state index contributed by atoms with van der Waals surface area (Å²) in [6, 6.07) is 0. The molecule has 4 heterocycles. The summed E-state index contributed by atoms with van der Waals surface area (Å²) in [6.07, 6.45) is 7.26. The van der Waals surface area contributed by atoms with E-state index in [1.54, 1.807) is 12.4 Å². The van der Waals surface area contributed by atoms with Gasteiger partial charge in [0.1, 0.15) is 6.10 Å². The number of nitrogens with zero attached hydrogens (tertiary/aromatic N) is 5. The number of piperidine rings is 2. The minimum Gasteiger partial charge on any atom is -0.461 e. The number of anilines is 2. The van der Waals surface area contributed by atoms with Crippen LogP contribution in [0.25, 0.3) is 0 Å². The average Bonchev–Trinajstić information content (AvgIpc) is 2.99. The lowest BCUT2D eigenvalue weighted by Gasteiger charge is -2.38. The SMILES string of the molecule is CN(C)c1nccnc1N1CCC2(CC1)CC(CN1CCC(O)CC1)OC2=O.